The monoisotopic (exact) mass is 447 g/mol. The minimum atomic E-state index is -1.33. The smallest absolute Gasteiger partial charge is 0.341 e. The third-order valence-corrected chi connectivity index (χ3v) is 5.26. The van der Waals surface area contributed by atoms with Crippen LogP contribution in [0.5, 0.6) is 11.6 Å². The predicted molar refractivity (Wildman–Crippen MR) is 116 cm³/mol. The number of hydrogen-bond acceptors (Lipinski definition) is 4. The molecule has 0 amide bonds. The Bertz CT molecular complexity index is 1160. The van der Waals surface area contributed by atoms with Crippen molar-refractivity contribution in [3.8, 4) is 22.9 Å². The van der Waals surface area contributed by atoms with E-state index >= 15 is 0 Å². The van der Waals surface area contributed by atoms with E-state index in [1.807, 2.05) is 31.2 Å². The number of carbonyl (C=O) groups is 1. The van der Waals surface area contributed by atoms with E-state index in [1.165, 1.54) is 12.1 Å². The number of nitrogens with zero attached hydrogens (tertiary/aromatic N) is 1. The maximum absolute atomic E-state index is 12.7. The van der Waals surface area contributed by atoms with Gasteiger partial charge in [-0.05, 0) is 36.8 Å². The molecule has 0 radical (unpaired) electrons. The number of ether oxygens (including phenoxy) is 2. The van der Waals surface area contributed by atoms with Crippen LogP contribution in [0.1, 0.15) is 22.8 Å². The van der Waals surface area contributed by atoms with Gasteiger partial charge in [-0.2, -0.15) is 0 Å². The minimum Gasteiger partial charge on any atom is -0.497 e. The highest BCUT2D eigenvalue weighted by atomic mass is 35.5. The summed E-state index contributed by atoms with van der Waals surface area (Å²) in [6.07, 6.45) is 0. The van der Waals surface area contributed by atoms with E-state index in [9.17, 15) is 14.7 Å². The molecule has 8 heteroatoms. The van der Waals surface area contributed by atoms with Crippen LogP contribution < -0.4 is 14.9 Å². The number of benzene rings is 2. The Morgan fingerprint density at radius 3 is 2.50 bits per heavy atom. The average molecular weight is 448 g/mol. The zero-order chi connectivity index (χ0) is 21.8. The number of aromatic carboxylic acids is 1. The van der Waals surface area contributed by atoms with Crippen molar-refractivity contribution < 1.29 is 19.4 Å². The summed E-state index contributed by atoms with van der Waals surface area (Å²) < 4.78 is 12.7. The molecule has 3 rings (SSSR count). The Hall–Kier alpha value is -2.96. The highest BCUT2D eigenvalue weighted by Crippen LogP contribution is 2.32. The Morgan fingerprint density at radius 2 is 1.87 bits per heavy atom. The molecule has 0 unspecified atom stereocenters. The van der Waals surface area contributed by atoms with Crippen LogP contribution >= 0.6 is 23.2 Å². The molecular formula is C22H19Cl2NO5. The molecule has 1 aromatic heterocycles. The molecule has 0 aliphatic rings. The van der Waals surface area contributed by atoms with E-state index in [4.69, 9.17) is 32.7 Å². The van der Waals surface area contributed by atoms with Gasteiger partial charge in [-0.3, -0.25) is 4.79 Å². The van der Waals surface area contributed by atoms with E-state index in [1.54, 1.807) is 23.8 Å². The minimum absolute atomic E-state index is 0.171. The number of pyridine rings is 1. The summed E-state index contributed by atoms with van der Waals surface area (Å²) in [7, 11) is 1.57. The summed E-state index contributed by atoms with van der Waals surface area (Å²) in [6, 6.07) is 13.2. The molecule has 0 spiro atoms. The van der Waals surface area contributed by atoms with Gasteiger partial charge in [-0.25, -0.2) is 4.79 Å². The standard InChI is InChI=1S/C22H19Cl2NO5/c1-3-25-19(30-12-13-5-4-6-15(9-13)29-2)11-18(26)20(22(27)28)21(25)14-7-8-16(23)17(24)10-14/h4-11H,3,12H2,1-2H3,(H,27,28). The Labute approximate surface area is 183 Å². The molecule has 0 saturated carbocycles. The van der Waals surface area contributed by atoms with Crippen LogP contribution in [0.15, 0.2) is 53.3 Å². The summed E-state index contributed by atoms with van der Waals surface area (Å²) in [6.45, 7) is 2.36. The number of carboxylic acids is 1. The van der Waals surface area contributed by atoms with Crippen molar-refractivity contribution in [1.29, 1.82) is 0 Å². The number of methoxy groups -OCH3 is 1. The third kappa shape index (κ3) is 4.45. The first kappa shape index (κ1) is 21.7. The zero-order valence-electron chi connectivity index (χ0n) is 16.3. The molecule has 3 aromatic rings. The highest BCUT2D eigenvalue weighted by molar-refractivity contribution is 6.42. The maximum atomic E-state index is 12.7. The van der Waals surface area contributed by atoms with Gasteiger partial charge in [0.05, 0.1) is 22.8 Å². The van der Waals surface area contributed by atoms with Crippen molar-refractivity contribution in [2.75, 3.05) is 7.11 Å². The molecule has 0 bridgehead atoms. The molecule has 1 N–H and O–H groups in total. The van der Waals surface area contributed by atoms with Gasteiger partial charge in [0, 0.05) is 18.2 Å². The number of hydrogen-bond donors (Lipinski definition) is 1. The second-order valence-electron chi connectivity index (χ2n) is 6.39. The molecule has 2 aromatic carbocycles. The van der Waals surface area contributed by atoms with Crippen LogP contribution in [0.4, 0.5) is 0 Å². The van der Waals surface area contributed by atoms with Gasteiger partial charge in [0.1, 0.15) is 17.9 Å². The molecule has 30 heavy (non-hydrogen) atoms. The average Bonchev–Trinajstić information content (AvgIpc) is 2.73. The molecule has 0 saturated heterocycles. The van der Waals surface area contributed by atoms with Gasteiger partial charge < -0.3 is 19.1 Å². The lowest BCUT2D eigenvalue weighted by Crippen LogP contribution is -2.22. The number of aromatic nitrogens is 1. The molecule has 0 aliphatic heterocycles. The molecule has 156 valence electrons. The van der Waals surface area contributed by atoms with E-state index in [0.717, 1.165) is 5.56 Å². The lowest BCUT2D eigenvalue weighted by Gasteiger charge is -2.20. The van der Waals surface area contributed by atoms with Crippen molar-refractivity contribution >= 4 is 29.2 Å². The van der Waals surface area contributed by atoms with Crippen molar-refractivity contribution in [3.05, 3.63) is 79.9 Å². The molecule has 0 fully saturated rings. The number of halogens is 2. The molecule has 0 atom stereocenters. The summed E-state index contributed by atoms with van der Waals surface area (Å²) in [4.78, 5) is 24.5. The lowest BCUT2D eigenvalue weighted by atomic mass is 10.0. The van der Waals surface area contributed by atoms with Crippen LogP contribution in [-0.2, 0) is 13.2 Å². The zero-order valence-corrected chi connectivity index (χ0v) is 17.8. The summed E-state index contributed by atoms with van der Waals surface area (Å²) in [5, 5.41) is 10.3. The fourth-order valence-corrected chi connectivity index (χ4v) is 3.43. The fourth-order valence-electron chi connectivity index (χ4n) is 3.13. The second-order valence-corrected chi connectivity index (χ2v) is 7.20. The van der Waals surface area contributed by atoms with Crippen molar-refractivity contribution in [2.24, 2.45) is 0 Å². The van der Waals surface area contributed by atoms with Crippen LogP contribution in [-0.4, -0.2) is 22.8 Å². The summed E-state index contributed by atoms with van der Waals surface area (Å²) in [5.74, 6) is -0.402. The molecule has 6 nitrogen and oxygen atoms in total. The van der Waals surface area contributed by atoms with Crippen LogP contribution in [0, 0.1) is 0 Å². The van der Waals surface area contributed by atoms with Gasteiger partial charge in [-0.1, -0.05) is 41.4 Å². The van der Waals surface area contributed by atoms with Crippen molar-refractivity contribution in [1.82, 2.24) is 4.57 Å². The summed E-state index contributed by atoms with van der Waals surface area (Å²) in [5.41, 5.74) is 0.477. The Morgan fingerprint density at radius 1 is 1.10 bits per heavy atom. The van der Waals surface area contributed by atoms with Gasteiger partial charge in [0.15, 0.2) is 5.88 Å². The number of rotatable bonds is 7. The maximum Gasteiger partial charge on any atom is 0.341 e. The molecule has 1 heterocycles. The van der Waals surface area contributed by atoms with Gasteiger partial charge in [0.2, 0.25) is 5.43 Å². The summed E-state index contributed by atoms with van der Waals surface area (Å²) >= 11 is 12.1. The SMILES string of the molecule is CCn1c(OCc2cccc(OC)c2)cc(=O)c(C(=O)O)c1-c1ccc(Cl)c(Cl)c1. The van der Waals surface area contributed by atoms with Crippen LogP contribution in [0.3, 0.4) is 0 Å². The largest absolute Gasteiger partial charge is 0.497 e. The first-order valence-corrected chi connectivity index (χ1v) is 9.83. The van der Waals surface area contributed by atoms with Crippen molar-refractivity contribution in [3.63, 3.8) is 0 Å². The lowest BCUT2D eigenvalue weighted by molar-refractivity contribution is 0.0695. The van der Waals surface area contributed by atoms with Crippen molar-refractivity contribution in [2.45, 2.75) is 20.1 Å². The molecule has 0 aliphatic carbocycles. The quantitative estimate of drug-likeness (QED) is 0.543. The number of carboxylic acid groups (broad SMARTS) is 1. The Balaban J connectivity index is 2.12. The first-order chi connectivity index (χ1) is 14.3. The predicted octanol–water partition coefficient (Wildman–Crippen LogP) is 5.13. The van der Waals surface area contributed by atoms with Crippen LogP contribution in [0.25, 0.3) is 11.3 Å². The fraction of sp³-hybridized carbons (Fsp3) is 0.182. The van der Waals surface area contributed by atoms with Gasteiger partial charge >= 0.3 is 5.97 Å². The van der Waals surface area contributed by atoms with E-state index < -0.39 is 11.4 Å². The first-order valence-electron chi connectivity index (χ1n) is 9.08. The van der Waals surface area contributed by atoms with Crippen LogP contribution in [0.2, 0.25) is 10.0 Å². The molecular weight excluding hydrogens is 429 g/mol. The Kier molecular flexibility index (Phi) is 6.70. The van der Waals surface area contributed by atoms with E-state index in [2.05, 4.69) is 0 Å². The third-order valence-electron chi connectivity index (χ3n) is 4.52. The van der Waals surface area contributed by atoms with Gasteiger partial charge in [0.25, 0.3) is 0 Å². The topological polar surface area (TPSA) is 77.8 Å². The van der Waals surface area contributed by atoms with E-state index in [-0.39, 0.29) is 28.8 Å². The van der Waals surface area contributed by atoms with Gasteiger partial charge in [-0.15, -0.1) is 0 Å². The second kappa shape index (κ2) is 9.24. The van der Waals surface area contributed by atoms with E-state index in [0.29, 0.717) is 22.9 Å². The normalized spacial score (nSPS) is 10.7. The highest BCUT2D eigenvalue weighted by Gasteiger charge is 2.23.